The van der Waals surface area contributed by atoms with Crippen molar-refractivity contribution in [2.75, 3.05) is 6.61 Å². The Kier molecular flexibility index (Phi) is 6.21. The molecule has 2 aromatic carbocycles. The first-order valence-corrected chi connectivity index (χ1v) is 12.5. The van der Waals surface area contributed by atoms with Gasteiger partial charge in [0.1, 0.15) is 23.1 Å². The molecule has 0 aliphatic carbocycles. The number of aryl methyl sites for hydroxylation is 1. The second-order valence-corrected chi connectivity index (χ2v) is 9.43. The monoisotopic (exact) mass is 503 g/mol. The van der Waals surface area contributed by atoms with Gasteiger partial charge in [0.25, 0.3) is 5.91 Å². The third-order valence-corrected chi connectivity index (χ3v) is 7.12. The van der Waals surface area contributed by atoms with Crippen LogP contribution in [0.2, 0.25) is 5.02 Å². The van der Waals surface area contributed by atoms with Crippen LogP contribution in [0.4, 0.5) is 0 Å². The van der Waals surface area contributed by atoms with Gasteiger partial charge in [0, 0.05) is 12.1 Å². The van der Waals surface area contributed by atoms with Gasteiger partial charge in [-0.1, -0.05) is 48.0 Å². The molecule has 8 nitrogen and oxygen atoms in total. The molecule has 4 aromatic rings. The molecular formula is C27H26ClN5O3. The van der Waals surface area contributed by atoms with E-state index in [-0.39, 0.29) is 11.9 Å². The van der Waals surface area contributed by atoms with Crippen LogP contribution >= 0.6 is 11.6 Å². The average Bonchev–Trinajstić information content (AvgIpc) is 3.54. The first kappa shape index (κ1) is 22.8. The number of aromatic nitrogens is 4. The van der Waals surface area contributed by atoms with Crippen LogP contribution in [0.5, 0.6) is 5.75 Å². The van der Waals surface area contributed by atoms with Crippen LogP contribution in [0, 0.1) is 0 Å². The molecule has 1 amide bonds. The first-order valence-electron chi connectivity index (χ1n) is 12.1. The summed E-state index contributed by atoms with van der Waals surface area (Å²) < 4.78 is 15.7. The number of carbonyl (C=O) groups excluding carboxylic acids is 1. The molecule has 1 atom stereocenters. The Bertz CT molecular complexity index is 1400. The molecule has 2 aliphatic rings. The molecule has 1 unspecified atom stereocenters. The molecule has 2 aromatic heterocycles. The summed E-state index contributed by atoms with van der Waals surface area (Å²) in [4.78, 5) is 17.5. The van der Waals surface area contributed by atoms with E-state index in [0.29, 0.717) is 42.0 Å². The molecule has 1 N–H and O–H groups in total. The average molecular weight is 504 g/mol. The lowest BCUT2D eigenvalue weighted by Crippen LogP contribution is -2.35. The van der Waals surface area contributed by atoms with E-state index in [1.807, 2.05) is 48.5 Å². The van der Waals surface area contributed by atoms with E-state index >= 15 is 0 Å². The Balaban J connectivity index is 1.23. The number of imidazole rings is 1. The number of halogens is 1. The van der Waals surface area contributed by atoms with Crippen molar-refractivity contribution in [3.8, 4) is 11.4 Å². The number of carbonyl (C=O) groups is 1. The van der Waals surface area contributed by atoms with Crippen LogP contribution in [0.15, 0.2) is 61.1 Å². The highest BCUT2D eigenvalue weighted by molar-refractivity contribution is 6.33. The summed E-state index contributed by atoms with van der Waals surface area (Å²) in [5, 5.41) is 8.18. The maximum Gasteiger partial charge on any atom is 0.272 e. The Hall–Kier alpha value is -3.62. The zero-order chi connectivity index (χ0) is 24.5. The topological polar surface area (TPSA) is 83.2 Å². The molecule has 6 rings (SSSR count). The van der Waals surface area contributed by atoms with Gasteiger partial charge in [0.05, 0.1) is 48.9 Å². The van der Waals surface area contributed by atoms with E-state index in [0.717, 1.165) is 48.3 Å². The minimum absolute atomic E-state index is 0.186. The Morgan fingerprint density at radius 1 is 1.14 bits per heavy atom. The Labute approximate surface area is 213 Å². The fourth-order valence-electron chi connectivity index (χ4n) is 4.88. The van der Waals surface area contributed by atoms with Crippen LogP contribution in [0.3, 0.4) is 0 Å². The van der Waals surface area contributed by atoms with Gasteiger partial charge < -0.3 is 19.4 Å². The van der Waals surface area contributed by atoms with Gasteiger partial charge in [-0.3, -0.25) is 4.79 Å². The van der Waals surface area contributed by atoms with E-state index in [2.05, 4.69) is 20.0 Å². The summed E-state index contributed by atoms with van der Waals surface area (Å²) in [5.74, 6) is 0.391. The maximum absolute atomic E-state index is 13.1. The molecule has 2 aliphatic heterocycles. The number of rotatable bonds is 6. The third kappa shape index (κ3) is 4.27. The van der Waals surface area contributed by atoms with Gasteiger partial charge in [0.15, 0.2) is 0 Å². The Morgan fingerprint density at radius 3 is 2.92 bits per heavy atom. The summed E-state index contributed by atoms with van der Waals surface area (Å²) in [7, 11) is 0. The van der Waals surface area contributed by atoms with Gasteiger partial charge in [-0.05, 0) is 37.0 Å². The second-order valence-electron chi connectivity index (χ2n) is 9.05. The lowest BCUT2D eigenvalue weighted by atomic mass is 10.0. The largest absolute Gasteiger partial charge is 0.487 e. The lowest BCUT2D eigenvalue weighted by molar-refractivity contribution is 0.0684. The predicted octanol–water partition coefficient (Wildman–Crippen LogP) is 4.64. The van der Waals surface area contributed by atoms with Crippen LogP contribution in [0.25, 0.3) is 5.69 Å². The molecule has 36 heavy (non-hydrogen) atoms. The number of ether oxygens (including phenoxy) is 2. The van der Waals surface area contributed by atoms with E-state index in [1.54, 1.807) is 17.2 Å². The molecule has 0 fully saturated rings. The van der Waals surface area contributed by atoms with Crippen molar-refractivity contribution < 1.29 is 14.3 Å². The number of benzene rings is 2. The number of fused-ring (bicyclic) bond motifs is 2. The molecule has 0 bridgehead atoms. The molecular weight excluding hydrogens is 478 g/mol. The van der Waals surface area contributed by atoms with Gasteiger partial charge in [-0.15, -0.1) is 0 Å². The van der Waals surface area contributed by atoms with Gasteiger partial charge >= 0.3 is 0 Å². The number of nitrogens with zero attached hydrogens (tertiary/aromatic N) is 4. The van der Waals surface area contributed by atoms with Crippen molar-refractivity contribution >= 4 is 17.5 Å². The minimum atomic E-state index is -0.327. The predicted molar refractivity (Wildman–Crippen MR) is 134 cm³/mol. The van der Waals surface area contributed by atoms with Crippen molar-refractivity contribution in [2.24, 2.45) is 0 Å². The number of amides is 1. The van der Waals surface area contributed by atoms with E-state index in [1.165, 1.54) is 0 Å². The normalized spacial score (nSPS) is 16.8. The van der Waals surface area contributed by atoms with Crippen molar-refractivity contribution in [2.45, 2.75) is 45.1 Å². The van der Waals surface area contributed by atoms with Crippen LogP contribution in [-0.2, 0) is 30.9 Å². The van der Waals surface area contributed by atoms with Crippen LogP contribution < -0.4 is 10.1 Å². The first-order chi connectivity index (χ1) is 17.7. The van der Waals surface area contributed by atoms with Crippen LogP contribution in [-0.4, -0.2) is 31.8 Å². The Morgan fingerprint density at radius 2 is 2.03 bits per heavy atom. The van der Waals surface area contributed by atoms with E-state index < -0.39 is 0 Å². The van der Waals surface area contributed by atoms with Crippen molar-refractivity contribution in [1.82, 2.24) is 24.6 Å². The highest BCUT2D eigenvalue weighted by Gasteiger charge is 2.29. The van der Waals surface area contributed by atoms with Gasteiger partial charge in [0.2, 0.25) is 0 Å². The highest BCUT2D eigenvalue weighted by atomic mass is 35.5. The zero-order valence-electron chi connectivity index (χ0n) is 19.7. The number of hydrogen-bond acceptors (Lipinski definition) is 5. The second kappa shape index (κ2) is 9.79. The maximum atomic E-state index is 13.1. The molecule has 0 radical (unpaired) electrons. The summed E-state index contributed by atoms with van der Waals surface area (Å²) in [6, 6.07) is 15.2. The summed E-state index contributed by atoms with van der Waals surface area (Å²) >= 11 is 6.76. The van der Waals surface area contributed by atoms with Crippen molar-refractivity contribution in [3.05, 3.63) is 94.3 Å². The lowest BCUT2D eigenvalue weighted by Gasteiger charge is -2.25. The third-order valence-electron chi connectivity index (χ3n) is 6.74. The smallest absolute Gasteiger partial charge is 0.272 e. The summed E-state index contributed by atoms with van der Waals surface area (Å²) in [6.45, 7) is 2.06. The fraction of sp³-hybridized carbons (Fsp3) is 0.296. The molecule has 0 spiro atoms. The SMILES string of the molecule is O=C(NC1COCc2c1cnn2-c1cccc(OCc2ccccc2)c1Cl)c1ncn2c1CCCC2. The summed E-state index contributed by atoms with van der Waals surface area (Å²) in [6.07, 6.45) is 6.60. The molecule has 9 heteroatoms. The van der Waals surface area contributed by atoms with Gasteiger partial charge in [-0.2, -0.15) is 5.10 Å². The van der Waals surface area contributed by atoms with Crippen LogP contribution in [0.1, 0.15) is 51.9 Å². The minimum Gasteiger partial charge on any atom is -0.487 e. The quantitative estimate of drug-likeness (QED) is 0.414. The standard InChI is InChI=1S/C27H26ClN5O3/c28-25-21(10-6-11-24(25)36-14-18-7-2-1-3-8-18)33-23-16-35-15-20(19(23)13-30-33)31-27(34)26-22-9-4-5-12-32(22)17-29-26/h1-3,6-8,10-11,13,17,20H,4-5,9,12,14-16H2,(H,31,34). The highest BCUT2D eigenvalue weighted by Crippen LogP contribution is 2.34. The van der Waals surface area contributed by atoms with E-state index in [9.17, 15) is 4.79 Å². The van der Waals surface area contributed by atoms with Gasteiger partial charge in [-0.25, -0.2) is 9.67 Å². The molecule has 0 saturated heterocycles. The summed E-state index contributed by atoms with van der Waals surface area (Å²) in [5.41, 5.74) is 5.02. The fourth-order valence-corrected chi connectivity index (χ4v) is 5.14. The zero-order valence-corrected chi connectivity index (χ0v) is 20.4. The molecule has 0 saturated carbocycles. The number of hydrogen-bond donors (Lipinski definition) is 1. The van der Waals surface area contributed by atoms with E-state index in [4.69, 9.17) is 21.1 Å². The van der Waals surface area contributed by atoms with Crippen molar-refractivity contribution in [1.29, 1.82) is 0 Å². The molecule has 4 heterocycles. The molecule has 184 valence electrons. The van der Waals surface area contributed by atoms with Crippen molar-refractivity contribution in [3.63, 3.8) is 0 Å². The number of nitrogens with one attached hydrogen (secondary N) is 1.